The largest absolute Gasteiger partial charge is 0.497 e. The first-order chi connectivity index (χ1) is 7.22. The molecule has 3 nitrogen and oxygen atoms in total. The maximum absolute atomic E-state index is 5.49. The first kappa shape index (κ1) is 12.2. The smallest absolute Gasteiger partial charge is 0.119 e. The first-order valence-electron chi connectivity index (χ1n) is 4.63. The normalized spacial score (nSPS) is 12.2. The lowest BCUT2D eigenvalue weighted by molar-refractivity contribution is 0.413. The van der Waals surface area contributed by atoms with Gasteiger partial charge in [0.05, 0.1) is 13.2 Å². The quantitative estimate of drug-likeness (QED) is 0.491. The van der Waals surface area contributed by atoms with Crippen LogP contribution in [0.25, 0.3) is 0 Å². The zero-order valence-corrected chi connectivity index (χ0v) is 10.3. The lowest BCUT2D eigenvalue weighted by Gasteiger charge is -2.16. The third kappa shape index (κ3) is 3.06. The molecule has 1 aromatic rings. The second-order valence-corrected chi connectivity index (χ2v) is 3.99. The third-order valence-corrected chi connectivity index (χ3v) is 2.90. The minimum absolute atomic E-state index is 0.0481. The molecule has 1 unspecified atom stereocenters. The van der Waals surface area contributed by atoms with E-state index in [1.807, 2.05) is 24.3 Å². The van der Waals surface area contributed by atoms with Crippen molar-refractivity contribution in [3.8, 4) is 5.75 Å². The Hall–Kier alpha value is -0.840. The fourth-order valence-corrected chi connectivity index (χ4v) is 1.89. The molecule has 1 atom stereocenters. The van der Waals surface area contributed by atoms with Gasteiger partial charge < -0.3 is 4.74 Å². The van der Waals surface area contributed by atoms with Crippen molar-refractivity contribution in [1.82, 2.24) is 5.43 Å². The number of benzene rings is 1. The summed E-state index contributed by atoms with van der Waals surface area (Å²) in [5.74, 6) is 6.31. The zero-order chi connectivity index (χ0) is 11.3. The Morgan fingerprint density at radius 1 is 1.67 bits per heavy atom. The molecule has 3 N–H and O–H groups in total. The standard InChI is InChI=1S/C11H15BrN2O/c1-3-4-11(14-13)9-7-8(15-2)5-6-10(9)12/h3,5-7,11,14H,1,4,13H2,2H3. The molecular weight excluding hydrogens is 256 g/mol. The van der Waals surface area contributed by atoms with Crippen molar-refractivity contribution >= 4 is 15.9 Å². The topological polar surface area (TPSA) is 47.3 Å². The van der Waals surface area contributed by atoms with Crippen LogP contribution in [0.2, 0.25) is 0 Å². The summed E-state index contributed by atoms with van der Waals surface area (Å²) in [4.78, 5) is 0. The Balaban J connectivity index is 3.03. The van der Waals surface area contributed by atoms with Gasteiger partial charge in [0.2, 0.25) is 0 Å². The number of ether oxygens (including phenoxy) is 1. The fourth-order valence-electron chi connectivity index (χ4n) is 1.37. The molecule has 0 radical (unpaired) electrons. The van der Waals surface area contributed by atoms with Crippen LogP contribution in [-0.4, -0.2) is 7.11 Å². The average molecular weight is 271 g/mol. The minimum atomic E-state index is 0.0481. The van der Waals surface area contributed by atoms with E-state index in [0.717, 1.165) is 22.2 Å². The van der Waals surface area contributed by atoms with E-state index in [1.54, 1.807) is 7.11 Å². The highest BCUT2D eigenvalue weighted by Crippen LogP contribution is 2.29. The van der Waals surface area contributed by atoms with Crippen LogP contribution in [-0.2, 0) is 0 Å². The molecule has 0 saturated carbocycles. The molecule has 0 aliphatic rings. The van der Waals surface area contributed by atoms with Gasteiger partial charge in [0.1, 0.15) is 5.75 Å². The van der Waals surface area contributed by atoms with Crippen LogP contribution in [0, 0.1) is 0 Å². The van der Waals surface area contributed by atoms with Crippen LogP contribution in [0.5, 0.6) is 5.75 Å². The minimum Gasteiger partial charge on any atom is -0.497 e. The first-order valence-corrected chi connectivity index (χ1v) is 5.42. The van der Waals surface area contributed by atoms with Crippen LogP contribution in [0.1, 0.15) is 18.0 Å². The average Bonchev–Trinajstić information content (AvgIpc) is 2.27. The molecular formula is C11H15BrN2O. The Kier molecular flexibility index (Phi) is 4.81. The van der Waals surface area contributed by atoms with Crippen LogP contribution < -0.4 is 16.0 Å². The van der Waals surface area contributed by atoms with Gasteiger partial charge in [-0.2, -0.15) is 0 Å². The summed E-state index contributed by atoms with van der Waals surface area (Å²) in [5.41, 5.74) is 3.82. The summed E-state index contributed by atoms with van der Waals surface area (Å²) in [6, 6.07) is 5.85. The van der Waals surface area contributed by atoms with Crippen molar-refractivity contribution in [3.63, 3.8) is 0 Å². The molecule has 0 amide bonds. The van der Waals surface area contributed by atoms with E-state index in [9.17, 15) is 0 Å². The molecule has 15 heavy (non-hydrogen) atoms. The second kappa shape index (κ2) is 5.90. The second-order valence-electron chi connectivity index (χ2n) is 3.13. The summed E-state index contributed by atoms with van der Waals surface area (Å²) in [5, 5.41) is 0. The van der Waals surface area contributed by atoms with E-state index in [2.05, 4.69) is 27.9 Å². The summed E-state index contributed by atoms with van der Waals surface area (Å²) < 4.78 is 6.17. The van der Waals surface area contributed by atoms with Gasteiger partial charge in [-0.1, -0.05) is 22.0 Å². The Labute approximate surface area is 98.4 Å². The number of nitrogens with two attached hydrogens (primary N) is 1. The van der Waals surface area contributed by atoms with Crippen molar-refractivity contribution in [1.29, 1.82) is 0 Å². The third-order valence-electron chi connectivity index (χ3n) is 2.18. The Morgan fingerprint density at radius 3 is 2.93 bits per heavy atom. The maximum Gasteiger partial charge on any atom is 0.119 e. The van der Waals surface area contributed by atoms with E-state index in [0.29, 0.717) is 0 Å². The van der Waals surface area contributed by atoms with Gasteiger partial charge >= 0.3 is 0 Å². The van der Waals surface area contributed by atoms with Gasteiger partial charge in [-0.25, -0.2) is 0 Å². The number of hydrogen-bond donors (Lipinski definition) is 2. The number of rotatable bonds is 5. The van der Waals surface area contributed by atoms with E-state index in [-0.39, 0.29) is 6.04 Å². The Morgan fingerprint density at radius 2 is 2.40 bits per heavy atom. The van der Waals surface area contributed by atoms with E-state index in [1.165, 1.54) is 0 Å². The summed E-state index contributed by atoms with van der Waals surface area (Å²) in [6.45, 7) is 3.70. The molecule has 0 spiro atoms. The highest BCUT2D eigenvalue weighted by atomic mass is 79.9. The molecule has 4 heteroatoms. The zero-order valence-electron chi connectivity index (χ0n) is 8.66. The van der Waals surface area contributed by atoms with E-state index in [4.69, 9.17) is 10.6 Å². The monoisotopic (exact) mass is 270 g/mol. The maximum atomic E-state index is 5.49. The van der Waals surface area contributed by atoms with Crippen molar-refractivity contribution in [2.45, 2.75) is 12.5 Å². The summed E-state index contributed by atoms with van der Waals surface area (Å²) >= 11 is 3.49. The van der Waals surface area contributed by atoms with Crippen molar-refractivity contribution in [2.24, 2.45) is 5.84 Å². The van der Waals surface area contributed by atoms with Gasteiger partial charge in [-0.15, -0.1) is 6.58 Å². The number of hydrogen-bond acceptors (Lipinski definition) is 3. The van der Waals surface area contributed by atoms with Gasteiger partial charge in [-0.05, 0) is 30.2 Å². The molecule has 1 rings (SSSR count). The Bertz CT molecular complexity index is 341. The van der Waals surface area contributed by atoms with E-state index >= 15 is 0 Å². The van der Waals surface area contributed by atoms with Crippen molar-refractivity contribution in [3.05, 3.63) is 40.9 Å². The highest BCUT2D eigenvalue weighted by molar-refractivity contribution is 9.10. The molecule has 82 valence electrons. The summed E-state index contributed by atoms with van der Waals surface area (Å²) in [7, 11) is 1.64. The van der Waals surface area contributed by atoms with Gasteiger partial charge in [0.15, 0.2) is 0 Å². The predicted molar refractivity (Wildman–Crippen MR) is 65.6 cm³/mol. The molecule has 0 fully saturated rings. The van der Waals surface area contributed by atoms with Crippen LogP contribution in [0.3, 0.4) is 0 Å². The number of hydrazine groups is 1. The number of nitrogens with one attached hydrogen (secondary N) is 1. The van der Waals surface area contributed by atoms with E-state index < -0.39 is 0 Å². The van der Waals surface area contributed by atoms with Gasteiger partial charge in [-0.3, -0.25) is 11.3 Å². The van der Waals surface area contributed by atoms with Crippen LogP contribution in [0.15, 0.2) is 35.3 Å². The van der Waals surface area contributed by atoms with Crippen LogP contribution in [0.4, 0.5) is 0 Å². The SMILES string of the molecule is C=CCC(NN)c1cc(OC)ccc1Br. The van der Waals surface area contributed by atoms with Crippen LogP contribution >= 0.6 is 15.9 Å². The fraction of sp³-hybridized carbons (Fsp3) is 0.273. The lowest BCUT2D eigenvalue weighted by atomic mass is 10.0. The molecule has 0 aliphatic carbocycles. The molecule has 0 heterocycles. The van der Waals surface area contributed by atoms with Crippen molar-refractivity contribution < 1.29 is 4.74 Å². The lowest BCUT2D eigenvalue weighted by Crippen LogP contribution is -2.27. The molecule has 0 aliphatic heterocycles. The number of halogens is 1. The molecule has 1 aromatic carbocycles. The molecule has 0 bridgehead atoms. The predicted octanol–water partition coefficient (Wildman–Crippen LogP) is 2.54. The molecule has 0 aromatic heterocycles. The van der Waals surface area contributed by atoms with Gasteiger partial charge in [0, 0.05) is 4.47 Å². The summed E-state index contributed by atoms with van der Waals surface area (Å²) in [6.07, 6.45) is 2.60. The molecule has 0 saturated heterocycles. The highest BCUT2D eigenvalue weighted by Gasteiger charge is 2.12. The van der Waals surface area contributed by atoms with Gasteiger partial charge in [0.25, 0.3) is 0 Å². The number of methoxy groups -OCH3 is 1. The van der Waals surface area contributed by atoms with Crippen molar-refractivity contribution in [2.75, 3.05) is 7.11 Å².